The molecule has 0 N–H and O–H groups in total. The van der Waals surface area contributed by atoms with Gasteiger partial charge in [-0.25, -0.2) is 0 Å². The second-order valence-electron chi connectivity index (χ2n) is 2.19. The molecule has 0 saturated carbocycles. The first-order chi connectivity index (χ1) is 5.31. The van der Waals surface area contributed by atoms with Gasteiger partial charge in [0.05, 0.1) is 6.61 Å². The van der Waals surface area contributed by atoms with Crippen molar-refractivity contribution in [1.29, 1.82) is 0 Å². The van der Waals surface area contributed by atoms with Crippen molar-refractivity contribution >= 4 is 5.78 Å². The Balaban J connectivity index is 3.17. The number of carbonyl (C=O) groups is 1. The predicted octanol–water partition coefficient (Wildman–Crippen LogP) is 1.40. The number of hydrogen-bond donors (Lipinski definition) is 0. The van der Waals surface area contributed by atoms with E-state index in [0.717, 1.165) is 0 Å². The summed E-state index contributed by atoms with van der Waals surface area (Å²) in [5.41, 5.74) is 0. The second-order valence-corrected chi connectivity index (χ2v) is 2.19. The first-order valence-electron chi connectivity index (χ1n) is 3.84. The smallest absolute Gasteiger partial charge is 0.136 e. The third-order valence-electron chi connectivity index (χ3n) is 1.28. The zero-order valence-electron chi connectivity index (χ0n) is 6.93. The van der Waals surface area contributed by atoms with Crippen LogP contribution in [0, 0.1) is 12.3 Å². The van der Waals surface area contributed by atoms with E-state index in [1.807, 2.05) is 6.92 Å². The Bertz CT molecular complexity index is 144. The Morgan fingerprint density at radius 1 is 1.55 bits per heavy atom. The van der Waals surface area contributed by atoms with Crippen LogP contribution in [0.5, 0.6) is 0 Å². The van der Waals surface area contributed by atoms with E-state index in [-0.39, 0.29) is 5.78 Å². The molecule has 0 aromatic rings. The molecule has 0 fully saturated rings. The third-order valence-corrected chi connectivity index (χ3v) is 1.28. The maximum atomic E-state index is 10.9. The molecule has 0 spiro atoms. The molecular formula is C9H14O2. The minimum Gasteiger partial charge on any atom is -0.381 e. The lowest BCUT2D eigenvalue weighted by molar-refractivity contribution is -0.119. The second kappa shape index (κ2) is 7.30. The number of rotatable bonds is 6. The third kappa shape index (κ3) is 7.08. The van der Waals surface area contributed by atoms with Crippen LogP contribution in [0.3, 0.4) is 0 Å². The highest BCUT2D eigenvalue weighted by Crippen LogP contribution is 1.94. The molecule has 0 radical (unpaired) electrons. The molecule has 0 aromatic heterocycles. The number of ketones is 1. The molecular weight excluding hydrogens is 140 g/mol. The van der Waals surface area contributed by atoms with Crippen molar-refractivity contribution in [3.05, 3.63) is 0 Å². The molecule has 0 aliphatic carbocycles. The summed E-state index contributed by atoms with van der Waals surface area (Å²) in [4.78, 5) is 10.9. The van der Waals surface area contributed by atoms with Crippen molar-refractivity contribution in [2.75, 3.05) is 13.2 Å². The van der Waals surface area contributed by atoms with Crippen LogP contribution < -0.4 is 0 Å². The van der Waals surface area contributed by atoms with Gasteiger partial charge in [-0.15, -0.1) is 12.3 Å². The minimum atomic E-state index is 0.191. The SMILES string of the molecule is C#CCCC(=O)CCOCC. The predicted molar refractivity (Wildman–Crippen MR) is 44.2 cm³/mol. The molecule has 62 valence electrons. The quantitative estimate of drug-likeness (QED) is 0.427. The molecule has 0 bridgehead atoms. The lowest BCUT2D eigenvalue weighted by Gasteiger charge is -1.98. The topological polar surface area (TPSA) is 26.3 Å². The van der Waals surface area contributed by atoms with Gasteiger partial charge in [-0.05, 0) is 6.92 Å². The fourth-order valence-corrected chi connectivity index (χ4v) is 0.667. The molecule has 2 nitrogen and oxygen atoms in total. The largest absolute Gasteiger partial charge is 0.381 e. The molecule has 0 atom stereocenters. The van der Waals surface area contributed by atoms with Gasteiger partial charge in [-0.2, -0.15) is 0 Å². The zero-order valence-corrected chi connectivity index (χ0v) is 6.93. The lowest BCUT2D eigenvalue weighted by atomic mass is 10.2. The van der Waals surface area contributed by atoms with E-state index in [4.69, 9.17) is 11.2 Å². The summed E-state index contributed by atoms with van der Waals surface area (Å²) in [7, 11) is 0. The Morgan fingerprint density at radius 2 is 2.27 bits per heavy atom. The van der Waals surface area contributed by atoms with Crippen molar-refractivity contribution in [3.63, 3.8) is 0 Å². The van der Waals surface area contributed by atoms with Gasteiger partial charge >= 0.3 is 0 Å². The van der Waals surface area contributed by atoms with Crippen LogP contribution in [0.4, 0.5) is 0 Å². The van der Waals surface area contributed by atoms with Crippen LogP contribution in [0.25, 0.3) is 0 Å². The normalized spacial score (nSPS) is 9.09. The van der Waals surface area contributed by atoms with Gasteiger partial charge in [0.15, 0.2) is 0 Å². The van der Waals surface area contributed by atoms with Gasteiger partial charge in [-0.1, -0.05) is 0 Å². The van der Waals surface area contributed by atoms with E-state index in [1.165, 1.54) is 0 Å². The van der Waals surface area contributed by atoms with E-state index in [0.29, 0.717) is 32.5 Å². The average Bonchev–Trinajstić information content (AvgIpc) is 2.01. The molecule has 0 aliphatic heterocycles. The van der Waals surface area contributed by atoms with Crippen LogP contribution in [-0.2, 0) is 9.53 Å². The first kappa shape index (κ1) is 10.2. The molecule has 0 amide bonds. The standard InChI is InChI=1S/C9H14O2/c1-3-5-6-9(10)7-8-11-4-2/h1H,4-8H2,2H3. The molecule has 2 heteroatoms. The summed E-state index contributed by atoms with van der Waals surface area (Å²) in [5, 5.41) is 0. The van der Waals surface area contributed by atoms with E-state index in [9.17, 15) is 4.79 Å². The van der Waals surface area contributed by atoms with Crippen molar-refractivity contribution in [2.45, 2.75) is 26.2 Å². The number of carbonyl (C=O) groups excluding carboxylic acids is 1. The molecule has 0 aromatic carbocycles. The van der Waals surface area contributed by atoms with Crippen LogP contribution in [-0.4, -0.2) is 19.0 Å². The molecule has 0 unspecified atom stereocenters. The van der Waals surface area contributed by atoms with Crippen molar-refractivity contribution < 1.29 is 9.53 Å². The highest BCUT2D eigenvalue weighted by Gasteiger charge is 1.98. The summed E-state index contributed by atoms with van der Waals surface area (Å²) in [5.74, 6) is 2.62. The van der Waals surface area contributed by atoms with Gasteiger partial charge in [0.2, 0.25) is 0 Å². The maximum absolute atomic E-state index is 10.9. The summed E-state index contributed by atoms with van der Waals surface area (Å²) >= 11 is 0. The van der Waals surface area contributed by atoms with Crippen LogP contribution >= 0.6 is 0 Å². The van der Waals surface area contributed by atoms with Crippen molar-refractivity contribution in [2.24, 2.45) is 0 Å². The summed E-state index contributed by atoms with van der Waals surface area (Å²) in [6.07, 6.45) is 6.53. The van der Waals surface area contributed by atoms with Crippen LogP contribution in [0.15, 0.2) is 0 Å². The fourth-order valence-electron chi connectivity index (χ4n) is 0.667. The highest BCUT2D eigenvalue weighted by atomic mass is 16.5. The Labute approximate surface area is 67.9 Å². The first-order valence-corrected chi connectivity index (χ1v) is 3.84. The Morgan fingerprint density at radius 3 is 2.82 bits per heavy atom. The number of terminal acetylenes is 1. The summed E-state index contributed by atoms with van der Waals surface area (Å²) in [6, 6.07) is 0. The molecule has 0 heterocycles. The van der Waals surface area contributed by atoms with E-state index < -0.39 is 0 Å². The monoisotopic (exact) mass is 154 g/mol. The lowest BCUT2D eigenvalue weighted by Crippen LogP contribution is -2.03. The minimum absolute atomic E-state index is 0.191. The fraction of sp³-hybridized carbons (Fsp3) is 0.667. The average molecular weight is 154 g/mol. The Hall–Kier alpha value is -0.810. The summed E-state index contributed by atoms with van der Waals surface area (Å²) in [6.45, 7) is 3.11. The van der Waals surface area contributed by atoms with Gasteiger partial charge < -0.3 is 4.74 Å². The number of Topliss-reactive ketones (excluding diaryl/α,β-unsaturated/α-hetero) is 1. The molecule has 0 rings (SSSR count). The number of hydrogen-bond acceptors (Lipinski definition) is 2. The Kier molecular flexibility index (Phi) is 6.76. The van der Waals surface area contributed by atoms with E-state index in [1.54, 1.807) is 0 Å². The number of ether oxygens (including phenoxy) is 1. The van der Waals surface area contributed by atoms with Crippen LogP contribution in [0.2, 0.25) is 0 Å². The zero-order chi connectivity index (χ0) is 8.53. The van der Waals surface area contributed by atoms with Gasteiger partial charge in [0, 0.05) is 25.9 Å². The van der Waals surface area contributed by atoms with Gasteiger partial charge in [0.1, 0.15) is 5.78 Å². The van der Waals surface area contributed by atoms with Gasteiger partial charge in [-0.3, -0.25) is 4.79 Å². The maximum Gasteiger partial charge on any atom is 0.136 e. The van der Waals surface area contributed by atoms with Gasteiger partial charge in [0.25, 0.3) is 0 Å². The highest BCUT2D eigenvalue weighted by molar-refractivity contribution is 5.78. The molecule has 0 aliphatic rings. The van der Waals surface area contributed by atoms with Crippen molar-refractivity contribution in [1.82, 2.24) is 0 Å². The van der Waals surface area contributed by atoms with Crippen LogP contribution in [0.1, 0.15) is 26.2 Å². The summed E-state index contributed by atoms with van der Waals surface area (Å²) < 4.78 is 5.01. The molecule has 0 saturated heterocycles. The van der Waals surface area contributed by atoms with E-state index in [2.05, 4.69) is 5.92 Å². The molecule has 11 heavy (non-hydrogen) atoms. The van der Waals surface area contributed by atoms with Crippen molar-refractivity contribution in [3.8, 4) is 12.3 Å². The van der Waals surface area contributed by atoms with E-state index >= 15 is 0 Å².